The largest absolute Gasteiger partial charge is 0.378 e. The molecule has 0 unspecified atom stereocenters. The van der Waals surface area contributed by atoms with Gasteiger partial charge in [0.2, 0.25) is 11.8 Å². The van der Waals surface area contributed by atoms with Crippen LogP contribution in [0.15, 0.2) is 0 Å². The summed E-state index contributed by atoms with van der Waals surface area (Å²) in [6, 6.07) is -0.210. The molecule has 138 valence electrons. The van der Waals surface area contributed by atoms with Crippen LogP contribution in [0.1, 0.15) is 51.4 Å². The standard InChI is InChI=1S/C20H30N2O3/c23-18(21-4-6-25-7-5-21)17-2-1-3-22(17)19(24)20-11-14-8-15(12-20)10-16(9-14)13-20/h14-17H,1-13H2/t14?,15?,16?,17-,20?/m1/s1. The van der Waals surface area contributed by atoms with Crippen molar-refractivity contribution in [1.29, 1.82) is 0 Å². The van der Waals surface area contributed by atoms with Crippen LogP contribution in [0.5, 0.6) is 0 Å². The summed E-state index contributed by atoms with van der Waals surface area (Å²) in [7, 11) is 0. The summed E-state index contributed by atoms with van der Waals surface area (Å²) in [4.78, 5) is 30.6. The van der Waals surface area contributed by atoms with Gasteiger partial charge in [0, 0.05) is 19.6 Å². The molecule has 2 saturated heterocycles. The second-order valence-corrected chi connectivity index (χ2v) is 9.29. The van der Waals surface area contributed by atoms with Gasteiger partial charge in [0.1, 0.15) is 6.04 Å². The highest BCUT2D eigenvalue weighted by Crippen LogP contribution is 2.60. The van der Waals surface area contributed by atoms with Gasteiger partial charge in [-0.3, -0.25) is 9.59 Å². The average molecular weight is 346 g/mol. The highest BCUT2D eigenvalue weighted by atomic mass is 16.5. The molecule has 0 spiro atoms. The van der Waals surface area contributed by atoms with Crippen LogP contribution in [0.25, 0.3) is 0 Å². The topological polar surface area (TPSA) is 49.9 Å². The second kappa shape index (κ2) is 5.97. The molecule has 4 saturated carbocycles. The minimum absolute atomic E-state index is 0.122. The van der Waals surface area contributed by atoms with Crippen LogP contribution >= 0.6 is 0 Å². The summed E-state index contributed by atoms with van der Waals surface area (Å²) in [5.41, 5.74) is -0.122. The summed E-state index contributed by atoms with van der Waals surface area (Å²) < 4.78 is 5.38. The summed E-state index contributed by atoms with van der Waals surface area (Å²) in [6.45, 7) is 3.38. The summed E-state index contributed by atoms with van der Waals surface area (Å²) in [5, 5.41) is 0. The fraction of sp³-hybridized carbons (Fsp3) is 0.900. The zero-order chi connectivity index (χ0) is 17.0. The first-order valence-corrected chi connectivity index (χ1v) is 10.3. The van der Waals surface area contributed by atoms with E-state index in [1.807, 2.05) is 9.80 Å². The summed E-state index contributed by atoms with van der Waals surface area (Å²) >= 11 is 0. The first-order chi connectivity index (χ1) is 12.1. The van der Waals surface area contributed by atoms with Crippen LogP contribution in [-0.2, 0) is 14.3 Å². The Morgan fingerprint density at radius 3 is 2.08 bits per heavy atom. The molecular formula is C20H30N2O3. The maximum absolute atomic E-state index is 13.6. The van der Waals surface area contributed by atoms with Gasteiger partial charge in [0.15, 0.2) is 0 Å². The third kappa shape index (κ3) is 2.61. The molecule has 0 aromatic carbocycles. The molecule has 6 fully saturated rings. The van der Waals surface area contributed by atoms with E-state index in [9.17, 15) is 9.59 Å². The van der Waals surface area contributed by atoms with Gasteiger partial charge in [-0.15, -0.1) is 0 Å². The normalized spacial score (nSPS) is 42.9. The van der Waals surface area contributed by atoms with E-state index >= 15 is 0 Å². The first kappa shape index (κ1) is 16.1. The molecule has 2 heterocycles. The maximum Gasteiger partial charge on any atom is 0.245 e. The maximum atomic E-state index is 13.6. The number of likely N-dealkylation sites (tertiary alicyclic amines) is 1. The quantitative estimate of drug-likeness (QED) is 0.769. The van der Waals surface area contributed by atoms with Crippen LogP contribution in [0.2, 0.25) is 0 Å². The van der Waals surface area contributed by atoms with Gasteiger partial charge in [-0.25, -0.2) is 0 Å². The van der Waals surface area contributed by atoms with Crippen molar-refractivity contribution in [2.24, 2.45) is 23.2 Å². The van der Waals surface area contributed by atoms with Crippen molar-refractivity contribution >= 4 is 11.8 Å². The van der Waals surface area contributed by atoms with Gasteiger partial charge >= 0.3 is 0 Å². The van der Waals surface area contributed by atoms with E-state index in [1.54, 1.807) is 0 Å². The number of ether oxygens (including phenoxy) is 1. The van der Waals surface area contributed by atoms with Gasteiger partial charge < -0.3 is 14.5 Å². The van der Waals surface area contributed by atoms with Crippen LogP contribution < -0.4 is 0 Å². The SMILES string of the molecule is O=C([C@H]1CCCN1C(=O)C12CC3CC(CC(C3)C1)C2)N1CCOCC1. The van der Waals surface area contributed by atoms with E-state index < -0.39 is 0 Å². The van der Waals surface area contributed by atoms with Crippen molar-refractivity contribution in [3.05, 3.63) is 0 Å². The van der Waals surface area contributed by atoms with Crippen molar-refractivity contribution in [2.45, 2.75) is 57.4 Å². The molecule has 0 radical (unpaired) electrons. The summed E-state index contributed by atoms with van der Waals surface area (Å²) in [6.07, 6.45) is 9.13. The average Bonchev–Trinajstić information content (AvgIpc) is 3.09. The molecular weight excluding hydrogens is 316 g/mol. The molecule has 4 aliphatic carbocycles. The molecule has 1 atom stereocenters. The van der Waals surface area contributed by atoms with Gasteiger partial charge in [-0.2, -0.15) is 0 Å². The number of morpholine rings is 1. The zero-order valence-electron chi connectivity index (χ0n) is 15.1. The number of nitrogens with zero attached hydrogens (tertiary/aromatic N) is 2. The molecule has 5 heteroatoms. The molecule has 6 rings (SSSR count). The van der Waals surface area contributed by atoms with Crippen LogP contribution in [0.3, 0.4) is 0 Å². The summed E-state index contributed by atoms with van der Waals surface area (Å²) in [5.74, 6) is 2.80. The molecule has 2 amide bonds. The number of amides is 2. The van der Waals surface area contributed by atoms with Gasteiger partial charge in [-0.05, 0) is 69.1 Å². The Balaban J connectivity index is 1.35. The van der Waals surface area contributed by atoms with Gasteiger partial charge in [0.05, 0.1) is 18.6 Å². The Kier molecular flexibility index (Phi) is 3.84. The Labute approximate surface area is 150 Å². The molecule has 0 aromatic rings. The Hall–Kier alpha value is -1.10. The monoisotopic (exact) mass is 346 g/mol. The molecule has 5 nitrogen and oxygen atoms in total. The smallest absolute Gasteiger partial charge is 0.245 e. The van der Waals surface area contributed by atoms with Crippen LogP contribution in [0.4, 0.5) is 0 Å². The third-order valence-electron chi connectivity index (χ3n) is 7.61. The number of carbonyl (C=O) groups excluding carboxylic acids is 2. The lowest BCUT2D eigenvalue weighted by atomic mass is 9.49. The number of rotatable bonds is 2. The molecule has 6 aliphatic rings. The fourth-order valence-electron chi connectivity index (χ4n) is 6.94. The second-order valence-electron chi connectivity index (χ2n) is 9.29. The van der Waals surface area contributed by atoms with E-state index in [4.69, 9.17) is 4.74 Å². The predicted molar refractivity (Wildman–Crippen MR) is 92.7 cm³/mol. The lowest BCUT2D eigenvalue weighted by Crippen LogP contribution is -2.58. The molecule has 0 aromatic heterocycles. The number of hydrogen-bond donors (Lipinski definition) is 0. The minimum Gasteiger partial charge on any atom is -0.378 e. The number of hydrogen-bond acceptors (Lipinski definition) is 3. The van der Waals surface area contributed by atoms with E-state index in [2.05, 4.69) is 0 Å². The molecule has 2 aliphatic heterocycles. The van der Waals surface area contributed by atoms with Crippen LogP contribution in [-0.4, -0.2) is 60.5 Å². The van der Waals surface area contributed by atoms with Crippen molar-refractivity contribution in [3.8, 4) is 0 Å². The van der Waals surface area contributed by atoms with E-state index in [-0.39, 0.29) is 17.4 Å². The Morgan fingerprint density at radius 2 is 1.48 bits per heavy atom. The van der Waals surface area contributed by atoms with Crippen molar-refractivity contribution in [1.82, 2.24) is 9.80 Å². The highest BCUT2D eigenvalue weighted by Gasteiger charge is 2.57. The van der Waals surface area contributed by atoms with Crippen molar-refractivity contribution in [3.63, 3.8) is 0 Å². The van der Waals surface area contributed by atoms with Gasteiger partial charge in [-0.1, -0.05) is 0 Å². The van der Waals surface area contributed by atoms with Crippen LogP contribution in [0, 0.1) is 23.2 Å². The lowest BCUT2D eigenvalue weighted by Gasteiger charge is -2.56. The zero-order valence-corrected chi connectivity index (χ0v) is 15.1. The predicted octanol–water partition coefficient (Wildman–Crippen LogP) is 2.05. The first-order valence-electron chi connectivity index (χ1n) is 10.3. The van der Waals surface area contributed by atoms with Gasteiger partial charge in [0.25, 0.3) is 0 Å². The molecule has 0 N–H and O–H groups in total. The molecule has 4 bridgehead atoms. The lowest BCUT2D eigenvalue weighted by molar-refractivity contribution is -0.162. The fourth-order valence-corrected chi connectivity index (χ4v) is 6.94. The van der Waals surface area contributed by atoms with Crippen molar-refractivity contribution < 1.29 is 14.3 Å². The Bertz CT molecular complexity index is 534. The van der Waals surface area contributed by atoms with E-state index in [0.717, 1.165) is 56.4 Å². The van der Waals surface area contributed by atoms with Crippen molar-refractivity contribution in [2.75, 3.05) is 32.8 Å². The molecule has 25 heavy (non-hydrogen) atoms. The Morgan fingerprint density at radius 1 is 0.880 bits per heavy atom. The van der Waals surface area contributed by atoms with E-state index in [1.165, 1.54) is 19.3 Å². The minimum atomic E-state index is -0.210. The van der Waals surface area contributed by atoms with E-state index in [0.29, 0.717) is 32.2 Å². The third-order valence-corrected chi connectivity index (χ3v) is 7.61. The number of carbonyl (C=O) groups is 2. The highest BCUT2D eigenvalue weighted by molar-refractivity contribution is 5.91.